The third-order valence-electron chi connectivity index (χ3n) is 4.20. The maximum absolute atomic E-state index is 13.0. The highest BCUT2D eigenvalue weighted by Gasteiger charge is 2.28. The van der Waals surface area contributed by atoms with Gasteiger partial charge in [-0.25, -0.2) is 4.39 Å². The number of nitrogens with one attached hydrogen (secondary N) is 1. The predicted octanol–water partition coefficient (Wildman–Crippen LogP) is 4.14. The van der Waals surface area contributed by atoms with Gasteiger partial charge in [-0.1, -0.05) is 26.7 Å². The van der Waals surface area contributed by atoms with E-state index in [1.807, 2.05) is 0 Å². The van der Waals surface area contributed by atoms with Gasteiger partial charge in [0.15, 0.2) is 0 Å². The van der Waals surface area contributed by atoms with E-state index in [2.05, 4.69) is 35.1 Å². The summed E-state index contributed by atoms with van der Waals surface area (Å²) in [7, 11) is 0. The van der Waals surface area contributed by atoms with E-state index >= 15 is 0 Å². The number of hydrogen-bond acceptors (Lipinski definition) is 1. The molecule has 1 aromatic carbocycles. The fraction of sp³-hybridized carbons (Fsp3) is 0.533. The average Bonchev–Trinajstić information content (AvgIpc) is 2.34. The van der Waals surface area contributed by atoms with Crippen LogP contribution >= 0.6 is 15.9 Å². The first-order valence-electron chi connectivity index (χ1n) is 6.75. The summed E-state index contributed by atoms with van der Waals surface area (Å²) in [5.41, 5.74) is 0.492. The zero-order chi connectivity index (χ0) is 14.0. The molecular formula is C15H19BrFNO. The second-order valence-corrected chi connectivity index (χ2v) is 6.33. The molecule has 0 spiro atoms. The summed E-state index contributed by atoms with van der Waals surface area (Å²) in [5, 5.41) is 3.08. The number of amides is 1. The Morgan fingerprint density at radius 3 is 2.79 bits per heavy atom. The van der Waals surface area contributed by atoms with E-state index in [-0.39, 0.29) is 17.8 Å². The maximum atomic E-state index is 13.0. The van der Waals surface area contributed by atoms with Gasteiger partial charge in [0.05, 0.1) is 5.56 Å². The van der Waals surface area contributed by atoms with Crippen LogP contribution in [0.1, 0.15) is 43.5 Å². The van der Waals surface area contributed by atoms with Crippen molar-refractivity contribution in [3.05, 3.63) is 34.1 Å². The van der Waals surface area contributed by atoms with Crippen LogP contribution in [0.2, 0.25) is 0 Å². The van der Waals surface area contributed by atoms with Crippen molar-refractivity contribution in [1.29, 1.82) is 0 Å². The van der Waals surface area contributed by atoms with Crippen molar-refractivity contribution in [3.8, 4) is 0 Å². The van der Waals surface area contributed by atoms with E-state index < -0.39 is 0 Å². The van der Waals surface area contributed by atoms with E-state index in [1.54, 1.807) is 0 Å². The van der Waals surface area contributed by atoms with Gasteiger partial charge in [0, 0.05) is 10.5 Å². The van der Waals surface area contributed by atoms with Gasteiger partial charge >= 0.3 is 0 Å². The van der Waals surface area contributed by atoms with Gasteiger partial charge in [-0.15, -0.1) is 0 Å². The van der Waals surface area contributed by atoms with E-state index in [4.69, 9.17) is 0 Å². The summed E-state index contributed by atoms with van der Waals surface area (Å²) in [6.45, 7) is 4.42. The van der Waals surface area contributed by atoms with Crippen LogP contribution in [0.4, 0.5) is 4.39 Å². The first-order valence-corrected chi connectivity index (χ1v) is 7.54. The van der Waals surface area contributed by atoms with Gasteiger partial charge < -0.3 is 5.32 Å². The Bertz CT molecular complexity index is 477. The summed E-state index contributed by atoms with van der Waals surface area (Å²) in [5.74, 6) is 0.647. The Labute approximate surface area is 121 Å². The number of carbonyl (C=O) groups excluding carboxylic acids is 1. The summed E-state index contributed by atoms with van der Waals surface area (Å²) >= 11 is 3.24. The van der Waals surface area contributed by atoms with Crippen LogP contribution in [-0.2, 0) is 0 Å². The fourth-order valence-electron chi connectivity index (χ4n) is 2.71. The van der Waals surface area contributed by atoms with Crippen LogP contribution in [0.3, 0.4) is 0 Å². The topological polar surface area (TPSA) is 29.1 Å². The molecule has 1 saturated carbocycles. The Kier molecular flexibility index (Phi) is 4.61. The molecule has 0 heterocycles. The second-order valence-electron chi connectivity index (χ2n) is 5.47. The molecule has 0 radical (unpaired) electrons. The molecule has 1 aliphatic carbocycles. The fourth-order valence-corrected chi connectivity index (χ4v) is 3.24. The molecule has 1 aliphatic rings. The van der Waals surface area contributed by atoms with E-state index in [0.29, 0.717) is 21.9 Å². The first kappa shape index (κ1) is 14.5. The molecule has 2 nitrogen and oxygen atoms in total. The number of rotatable bonds is 2. The van der Waals surface area contributed by atoms with Gasteiger partial charge in [0.2, 0.25) is 0 Å². The molecular weight excluding hydrogens is 309 g/mol. The van der Waals surface area contributed by atoms with E-state index in [1.165, 1.54) is 24.6 Å². The van der Waals surface area contributed by atoms with Gasteiger partial charge in [-0.3, -0.25) is 4.79 Å². The molecule has 0 bridgehead atoms. The third-order valence-corrected chi connectivity index (χ3v) is 4.86. The molecule has 1 aromatic rings. The Hall–Kier alpha value is -0.900. The molecule has 3 atom stereocenters. The lowest BCUT2D eigenvalue weighted by Crippen LogP contribution is -2.43. The maximum Gasteiger partial charge on any atom is 0.252 e. The number of halogens is 2. The van der Waals surface area contributed by atoms with Gasteiger partial charge in [-0.05, 0) is 52.4 Å². The van der Waals surface area contributed by atoms with E-state index in [9.17, 15) is 9.18 Å². The average molecular weight is 328 g/mol. The molecule has 0 aromatic heterocycles. The van der Waals surface area contributed by atoms with Crippen molar-refractivity contribution in [3.63, 3.8) is 0 Å². The molecule has 19 heavy (non-hydrogen) atoms. The minimum atomic E-state index is -0.344. The first-order chi connectivity index (χ1) is 8.99. The molecule has 1 amide bonds. The number of carbonyl (C=O) groups is 1. The zero-order valence-electron chi connectivity index (χ0n) is 11.2. The second kappa shape index (κ2) is 6.04. The van der Waals surface area contributed by atoms with Crippen LogP contribution < -0.4 is 5.32 Å². The minimum Gasteiger partial charge on any atom is -0.349 e. The molecule has 1 N–H and O–H groups in total. The normalized spacial score (nSPS) is 27.1. The standard InChI is InChI=1S/C15H19BrFNO/c1-9-4-3-5-14(10(9)2)18-15(19)12-7-6-11(17)8-13(12)16/h6-10,14H,3-5H2,1-2H3,(H,18,19). The minimum absolute atomic E-state index is 0.127. The highest BCUT2D eigenvalue weighted by molar-refractivity contribution is 9.10. The van der Waals surface area contributed by atoms with Crippen molar-refractivity contribution >= 4 is 21.8 Å². The van der Waals surface area contributed by atoms with Crippen molar-refractivity contribution in [2.45, 2.75) is 39.2 Å². The van der Waals surface area contributed by atoms with Crippen LogP contribution in [0.25, 0.3) is 0 Å². The largest absolute Gasteiger partial charge is 0.349 e. The van der Waals surface area contributed by atoms with Crippen LogP contribution in [0.5, 0.6) is 0 Å². The zero-order valence-corrected chi connectivity index (χ0v) is 12.8. The summed E-state index contributed by atoms with van der Waals surface area (Å²) in [4.78, 5) is 12.2. The molecule has 4 heteroatoms. The number of benzene rings is 1. The van der Waals surface area contributed by atoms with Crippen LogP contribution in [-0.4, -0.2) is 11.9 Å². The lowest BCUT2D eigenvalue weighted by atomic mass is 9.78. The van der Waals surface area contributed by atoms with Gasteiger partial charge in [-0.2, -0.15) is 0 Å². The van der Waals surface area contributed by atoms with Crippen molar-refractivity contribution in [1.82, 2.24) is 5.32 Å². The molecule has 104 valence electrons. The summed E-state index contributed by atoms with van der Waals surface area (Å²) < 4.78 is 13.5. The predicted molar refractivity (Wildman–Crippen MR) is 77.5 cm³/mol. The molecule has 0 saturated heterocycles. The summed E-state index contributed by atoms with van der Waals surface area (Å²) in [6, 6.07) is 4.37. The van der Waals surface area contributed by atoms with Crippen molar-refractivity contribution < 1.29 is 9.18 Å². The van der Waals surface area contributed by atoms with Crippen molar-refractivity contribution in [2.75, 3.05) is 0 Å². The van der Waals surface area contributed by atoms with Crippen LogP contribution in [0.15, 0.2) is 22.7 Å². The van der Waals surface area contributed by atoms with Crippen molar-refractivity contribution in [2.24, 2.45) is 11.8 Å². The monoisotopic (exact) mass is 327 g/mol. The van der Waals surface area contributed by atoms with Gasteiger partial charge in [0.1, 0.15) is 5.82 Å². The lowest BCUT2D eigenvalue weighted by molar-refractivity contribution is 0.0890. The Morgan fingerprint density at radius 2 is 2.11 bits per heavy atom. The van der Waals surface area contributed by atoms with E-state index in [0.717, 1.165) is 12.8 Å². The molecule has 1 fully saturated rings. The SMILES string of the molecule is CC1CCCC(NC(=O)c2ccc(F)cc2Br)C1C. The van der Waals surface area contributed by atoms with Gasteiger partial charge in [0.25, 0.3) is 5.91 Å². The molecule has 2 rings (SSSR count). The highest BCUT2D eigenvalue weighted by atomic mass is 79.9. The molecule has 0 aliphatic heterocycles. The highest BCUT2D eigenvalue weighted by Crippen LogP contribution is 2.30. The Balaban J connectivity index is 2.08. The van der Waals surface area contributed by atoms with Crippen LogP contribution in [0, 0.1) is 17.7 Å². The molecule has 3 unspecified atom stereocenters. The lowest BCUT2D eigenvalue weighted by Gasteiger charge is -2.34. The summed E-state index contributed by atoms with van der Waals surface area (Å²) in [6.07, 6.45) is 3.41. The Morgan fingerprint density at radius 1 is 1.37 bits per heavy atom. The smallest absolute Gasteiger partial charge is 0.252 e. The number of hydrogen-bond donors (Lipinski definition) is 1. The third kappa shape index (κ3) is 3.35. The quantitative estimate of drug-likeness (QED) is 0.868.